The van der Waals surface area contributed by atoms with Gasteiger partial charge < -0.3 is 5.11 Å². The number of aromatic nitrogens is 2. The molecule has 1 rings (SSSR count). The van der Waals surface area contributed by atoms with Crippen molar-refractivity contribution in [3.8, 4) is 0 Å². The van der Waals surface area contributed by atoms with E-state index >= 15 is 0 Å². The Morgan fingerprint density at radius 2 is 2.14 bits per heavy atom. The minimum Gasteiger partial charge on any atom is -0.393 e. The van der Waals surface area contributed by atoms with Crippen molar-refractivity contribution < 1.29 is 18.3 Å². The van der Waals surface area contributed by atoms with Crippen molar-refractivity contribution in [1.29, 1.82) is 0 Å². The summed E-state index contributed by atoms with van der Waals surface area (Å²) >= 11 is 0. The maximum absolute atomic E-state index is 12.4. The van der Waals surface area contributed by atoms with E-state index in [0.717, 1.165) is 4.68 Å². The molecule has 0 fully saturated rings. The molecule has 0 aromatic carbocycles. The van der Waals surface area contributed by atoms with E-state index in [-0.39, 0.29) is 12.0 Å². The van der Waals surface area contributed by atoms with Gasteiger partial charge in [0, 0.05) is 25.2 Å². The highest BCUT2D eigenvalue weighted by atomic mass is 19.4. The molecule has 6 heteroatoms. The van der Waals surface area contributed by atoms with Crippen LogP contribution in [0.5, 0.6) is 0 Å². The lowest BCUT2D eigenvalue weighted by atomic mass is 10.1. The number of hydrogen-bond donors (Lipinski definition) is 1. The molecule has 0 amide bonds. The number of aryl methyl sites for hydroxylation is 1. The van der Waals surface area contributed by atoms with Gasteiger partial charge in [-0.1, -0.05) is 0 Å². The lowest BCUT2D eigenvalue weighted by Crippen LogP contribution is -2.12. The molecule has 0 aliphatic rings. The summed E-state index contributed by atoms with van der Waals surface area (Å²) in [4.78, 5) is 0. The Bertz CT molecular complexity index is 317. The lowest BCUT2D eigenvalue weighted by molar-refractivity contribution is -0.142. The number of halogens is 3. The number of rotatable bonds is 2. The van der Waals surface area contributed by atoms with Crippen molar-refractivity contribution in [2.75, 3.05) is 0 Å². The highest BCUT2D eigenvalue weighted by Crippen LogP contribution is 2.30. The molecule has 1 aromatic heterocycles. The summed E-state index contributed by atoms with van der Waals surface area (Å²) in [6, 6.07) is 0. The molecule has 0 saturated heterocycles. The fourth-order valence-electron chi connectivity index (χ4n) is 1.24. The minimum absolute atomic E-state index is 0.0231. The van der Waals surface area contributed by atoms with Gasteiger partial charge in [0.15, 0.2) is 5.69 Å². The predicted molar refractivity (Wildman–Crippen MR) is 43.6 cm³/mol. The quantitative estimate of drug-likeness (QED) is 0.796. The fourth-order valence-corrected chi connectivity index (χ4v) is 1.24. The second kappa shape index (κ2) is 3.61. The first kappa shape index (κ1) is 11.0. The molecule has 1 N–H and O–H groups in total. The van der Waals surface area contributed by atoms with Crippen molar-refractivity contribution in [3.63, 3.8) is 0 Å². The molecule has 0 aliphatic heterocycles. The van der Waals surface area contributed by atoms with Crippen molar-refractivity contribution in [2.45, 2.75) is 25.6 Å². The molecule has 0 spiro atoms. The smallest absolute Gasteiger partial charge is 0.393 e. The fraction of sp³-hybridized carbons (Fsp3) is 0.625. The largest absolute Gasteiger partial charge is 0.435 e. The standard InChI is InChI=1S/C8H11F3N2O/c1-5(14)3-6-4-13(2)12-7(6)8(9,10)11/h4-5,14H,3H2,1-2H3. The molecule has 1 unspecified atom stereocenters. The van der Waals surface area contributed by atoms with Crippen LogP contribution in [0.25, 0.3) is 0 Å². The maximum atomic E-state index is 12.4. The van der Waals surface area contributed by atoms with Gasteiger partial charge in [-0.05, 0) is 6.92 Å². The van der Waals surface area contributed by atoms with Crippen LogP contribution in [-0.4, -0.2) is 21.0 Å². The van der Waals surface area contributed by atoms with Gasteiger partial charge in [0.05, 0.1) is 6.10 Å². The summed E-state index contributed by atoms with van der Waals surface area (Å²) in [7, 11) is 1.42. The third-order valence-electron chi connectivity index (χ3n) is 1.69. The van der Waals surface area contributed by atoms with E-state index in [0.29, 0.717) is 0 Å². The number of nitrogens with zero attached hydrogens (tertiary/aromatic N) is 2. The first-order chi connectivity index (χ1) is 6.30. The Balaban J connectivity index is 3.03. The molecule has 0 radical (unpaired) electrons. The third kappa shape index (κ3) is 2.47. The van der Waals surface area contributed by atoms with Crippen LogP contribution in [0.4, 0.5) is 13.2 Å². The van der Waals surface area contributed by atoms with E-state index in [2.05, 4.69) is 5.10 Å². The molecule has 1 heterocycles. The van der Waals surface area contributed by atoms with Gasteiger partial charge in [0.2, 0.25) is 0 Å². The lowest BCUT2D eigenvalue weighted by Gasteiger charge is -2.06. The first-order valence-corrected chi connectivity index (χ1v) is 4.08. The first-order valence-electron chi connectivity index (χ1n) is 4.08. The summed E-state index contributed by atoms with van der Waals surface area (Å²) in [6.07, 6.45) is -4.02. The van der Waals surface area contributed by atoms with Gasteiger partial charge in [-0.25, -0.2) is 0 Å². The molecule has 14 heavy (non-hydrogen) atoms. The second-order valence-electron chi connectivity index (χ2n) is 3.23. The zero-order valence-corrected chi connectivity index (χ0v) is 7.84. The zero-order valence-electron chi connectivity index (χ0n) is 7.84. The monoisotopic (exact) mass is 208 g/mol. The predicted octanol–water partition coefficient (Wildman–Crippen LogP) is 1.36. The normalized spacial score (nSPS) is 14.4. The average molecular weight is 208 g/mol. The Morgan fingerprint density at radius 3 is 2.57 bits per heavy atom. The Kier molecular flexibility index (Phi) is 2.84. The van der Waals surface area contributed by atoms with Crippen LogP contribution in [0.15, 0.2) is 6.20 Å². The van der Waals surface area contributed by atoms with Crippen molar-refractivity contribution in [3.05, 3.63) is 17.5 Å². The molecular weight excluding hydrogens is 197 g/mol. The van der Waals surface area contributed by atoms with Gasteiger partial charge >= 0.3 is 6.18 Å². The van der Waals surface area contributed by atoms with Crippen LogP contribution < -0.4 is 0 Å². The van der Waals surface area contributed by atoms with Gasteiger partial charge in [0.1, 0.15) is 0 Å². The molecule has 1 atom stereocenters. The zero-order chi connectivity index (χ0) is 10.9. The number of aliphatic hydroxyl groups is 1. The van der Waals surface area contributed by atoms with Gasteiger partial charge in [-0.2, -0.15) is 18.3 Å². The van der Waals surface area contributed by atoms with Crippen LogP contribution in [0, 0.1) is 0 Å². The van der Waals surface area contributed by atoms with E-state index in [4.69, 9.17) is 5.11 Å². The Morgan fingerprint density at radius 1 is 1.57 bits per heavy atom. The highest BCUT2D eigenvalue weighted by Gasteiger charge is 2.36. The van der Waals surface area contributed by atoms with E-state index < -0.39 is 18.0 Å². The Labute approximate surface area is 79.2 Å². The summed E-state index contributed by atoms with van der Waals surface area (Å²) in [5.41, 5.74) is -0.893. The molecule has 0 saturated carbocycles. The molecular formula is C8H11F3N2O. The average Bonchev–Trinajstić information content (AvgIpc) is 2.28. The summed E-state index contributed by atoms with van der Waals surface area (Å²) in [5.74, 6) is 0. The molecule has 0 aliphatic carbocycles. The van der Waals surface area contributed by atoms with Gasteiger partial charge in [-0.15, -0.1) is 0 Å². The minimum atomic E-state index is -4.45. The topological polar surface area (TPSA) is 38.0 Å². The number of aliphatic hydroxyl groups excluding tert-OH is 1. The van der Waals surface area contributed by atoms with Crippen LogP contribution >= 0.6 is 0 Å². The summed E-state index contributed by atoms with van der Waals surface area (Å²) in [6.45, 7) is 1.44. The van der Waals surface area contributed by atoms with Crippen LogP contribution in [0.1, 0.15) is 18.2 Å². The van der Waals surface area contributed by atoms with Crippen molar-refractivity contribution in [2.24, 2.45) is 7.05 Å². The maximum Gasteiger partial charge on any atom is 0.435 e. The van der Waals surface area contributed by atoms with Crippen molar-refractivity contribution in [1.82, 2.24) is 9.78 Å². The van der Waals surface area contributed by atoms with Crippen LogP contribution in [0.3, 0.4) is 0 Å². The van der Waals surface area contributed by atoms with Gasteiger partial charge in [-0.3, -0.25) is 4.68 Å². The summed E-state index contributed by atoms with van der Waals surface area (Å²) < 4.78 is 38.2. The third-order valence-corrected chi connectivity index (χ3v) is 1.69. The Hall–Kier alpha value is -1.04. The number of hydrogen-bond acceptors (Lipinski definition) is 2. The van der Waals surface area contributed by atoms with Gasteiger partial charge in [0.25, 0.3) is 0 Å². The summed E-state index contributed by atoms with van der Waals surface area (Å²) in [5, 5.41) is 12.3. The SMILES string of the molecule is CC(O)Cc1cn(C)nc1C(F)(F)F. The number of alkyl halides is 3. The molecule has 3 nitrogen and oxygen atoms in total. The second-order valence-corrected chi connectivity index (χ2v) is 3.23. The van der Waals surface area contributed by atoms with E-state index in [1.54, 1.807) is 0 Å². The van der Waals surface area contributed by atoms with E-state index in [1.807, 2.05) is 0 Å². The van der Waals surface area contributed by atoms with Crippen molar-refractivity contribution >= 4 is 0 Å². The van der Waals surface area contributed by atoms with E-state index in [9.17, 15) is 13.2 Å². The van der Waals surface area contributed by atoms with E-state index in [1.165, 1.54) is 20.2 Å². The van der Waals surface area contributed by atoms with Crippen LogP contribution in [-0.2, 0) is 19.6 Å². The van der Waals surface area contributed by atoms with Crippen LogP contribution in [0.2, 0.25) is 0 Å². The molecule has 1 aromatic rings. The highest BCUT2D eigenvalue weighted by molar-refractivity contribution is 5.20. The molecule has 0 bridgehead atoms. The molecule has 80 valence electrons.